The summed E-state index contributed by atoms with van der Waals surface area (Å²) in [5.41, 5.74) is 14.6. The molecule has 8 heteroatoms. The molecule has 374 valence electrons. The molecule has 0 N–H and O–H groups in total. The van der Waals surface area contributed by atoms with Crippen LogP contribution in [0.25, 0.3) is 158 Å². The minimum Gasteiger partial charge on any atom is -0.306 e. The van der Waals surface area contributed by atoms with Crippen LogP contribution in [-0.4, -0.2) is 9.13 Å². The van der Waals surface area contributed by atoms with Gasteiger partial charge in [0.15, 0.2) is 0 Å². The molecule has 0 aliphatic heterocycles. The monoisotopic (exact) mass is 1090 g/mol. The minimum absolute atomic E-state index is 0.457. The van der Waals surface area contributed by atoms with Crippen LogP contribution >= 0.6 is 45.3 Å². The molecule has 17 rings (SSSR count). The third kappa shape index (κ3) is 6.06. The van der Waals surface area contributed by atoms with E-state index < -0.39 is 0 Å². The highest BCUT2D eigenvalue weighted by Gasteiger charge is 2.35. The molecule has 80 heavy (non-hydrogen) atoms. The summed E-state index contributed by atoms with van der Waals surface area (Å²) in [5.74, 6) is 0. The first kappa shape index (κ1) is 45.9. The highest BCUT2D eigenvalue weighted by atomic mass is 32.1. The van der Waals surface area contributed by atoms with Crippen molar-refractivity contribution in [1.29, 1.82) is 10.5 Å². The Bertz CT molecular complexity index is 5520. The third-order valence-corrected chi connectivity index (χ3v) is 22.1. The van der Waals surface area contributed by atoms with Crippen LogP contribution < -0.4 is 0 Å². The van der Waals surface area contributed by atoms with Gasteiger partial charge in [0, 0.05) is 115 Å². The van der Waals surface area contributed by atoms with E-state index in [4.69, 9.17) is 0 Å². The first-order valence-corrected chi connectivity index (χ1v) is 30.1. The molecule has 17 aromatic rings. The molecule has 0 spiro atoms. The predicted octanol–water partition coefficient (Wildman–Crippen LogP) is 21.7. The number of aryl methyl sites for hydroxylation is 4. The number of nitrogens with zero attached hydrogens (tertiary/aromatic N) is 4. The van der Waals surface area contributed by atoms with E-state index in [0.717, 1.165) is 122 Å². The number of hydrogen-bond acceptors (Lipinski definition) is 6. The van der Waals surface area contributed by atoms with E-state index in [1.165, 1.54) is 52.2 Å². The normalized spacial score (nSPS) is 12.2. The lowest BCUT2D eigenvalue weighted by Crippen LogP contribution is -2.11. The number of aromatic nitrogens is 2. The number of benzene rings is 11. The average Bonchev–Trinajstić information content (AvgIpc) is 4.26. The molecular weight excluding hydrogens is 1050 g/mol. The summed E-state index contributed by atoms with van der Waals surface area (Å²) in [7, 11) is 0. The lowest BCUT2D eigenvalue weighted by atomic mass is 9.85. The fourth-order valence-corrected chi connectivity index (χ4v) is 18.3. The topological polar surface area (TPSA) is 57.4 Å². The molecule has 0 fully saturated rings. The zero-order valence-corrected chi connectivity index (χ0v) is 47.0. The van der Waals surface area contributed by atoms with Crippen molar-refractivity contribution in [3.63, 3.8) is 0 Å². The minimum atomic E-state index is 0.457. The molecule has 0 saturated heterocycles. The Morgan fingerprint density at radius 2 is 0.637 bits per heavy atom. The van der Waals surface area contributed by atoms with Crippen molar-refractivity contribution in [1.82, 2.24) is 9.13 Å². The highest BCUT2D eigenvalue weighted by Crippen LogP contribution is 2.55. The van der Waals surface area contributed by atoms with Gasteiger partial charge >= 0.3 is 0 Å². The van der Waals surface area contributed by atoms with Gasteiger partial charge in [0.2, 0.25) is 0 Å². The van der Waals surface area contributed by atoms with E-state index in [1.54, 1.807) is 22.7 Å². The van der Waals surface area contributed by atoms with Crippen molar-refractivity contribution >= 4 is 170 Å². The Morgan fingerprint density at radius 3 is 1.04 bits per heavy atom. The van der Waals surface area contributed by atoms with Crippen LogP contribution in [0, 0.1) is 50.4 Å². The van der Waals surface area contributed by atoms with Crippen LogP contribution in [0.4, 0.5) is 0 Å². The Hall–Kier alpha value is -9.12. The molecular formula is C72H42N4S4. The average molecular weight is 1090 g/mol. The Labute approximate surface area is 474 Å². The van der Waals surface area contributed by atoms with E-state index in [-0.39, 0.29) is 0 Å². The quantitative estimate of drug-likeness (QED) is 0.176. The van der Waals surface area contributed by atoms with Gasteiger partial charge in [-0.25, -0.2) is 0 Å². The molecule has 0 bridgehead atoms. The van der Waals surface area contributed by atoms with E-state index >= 15 is 0 Å². The number of rotatable bonds is 4. The highest BCUT2D eigenvalue weighted by molar-refractivity contribution is 7.28. The maximum Gasteiger partial charge on any atom is 0.102 e. The van der Waals surface area contributed by atoms with Gasteiger partial charge in [-0.15, -0.1) is 45.3 Å². The Kier molecular flexibility index (Phi) is 9.58. The van der Waals surface area contributed by atoms with Crippen LogP contribution in [0.2, 0.25) is 0 Å². The van der Waals surface area contributed by atoms with Crippen LogP contribution in [0.3, 0.4) is 0 Å². The lowest BCUT2D eigenvalue weighted by molar-refractivity contribution is 1.13. The maximum absolute atomic E-state index is 12.7. The van der Waals surface area contributed by atoms with Crippen molar-refractivity contribution in [2.45, 2.75) is 27.7 Å². The SMILES string of the molecule is Cc1cc2c3ccc4c5ccccc5sc4c3n(-c3c(C#N)c(-c4cccc5c4sc4ccccc45)c(C#N)c(-n4c5cc(C)c(C)cc5c5ccc6c7ccccc7sc6c54)c3-c3cccc4c3sc3ccccc34)c2cc1C. The molecule has 0 saturated carbocycles. The fraction of sp³-hybridized carbons (Fsp3) is 0.0556. The number of fused-ring (bicyclic) bond motifs is 20. The van der Waals surface area contributed by atoms with Crippen molar-refractivity contribution in [2.24, 2.45) is 0 Å². The molecule has 0 unspecified atom stereocenters. The van der Waals surface area contributed by atoms with Gasteiger partial charge in [0.25, 0.3) is 0 Å². The van der Waals surface area contributed by atoms with Gasteiger partial charge in [-0.05, 0) is 98.5 Å². The van der Waals surface area contributed by atoms with Crippen molar-refractivity contribution in [3.05, 3.63) is 215 Å². The van der Waals surface area contributed by atoms with Crippen molar-refractivity contribution in [3.8, 4) is 45.8 Å². The van der Waals surface area contributed by atoms with Gasteiger partial charge in [0.1, 0.15) is 12.1 Å². The molecule has 0 radical (unpaired) electrons. The number of thiophene rings is 4. The summed E-state index contributed by atoms with van der Waals surface area (Å²) >= 11 is 7.14. The van der Waals surface area contributed by atoms with Gasteiger partial charge in [-0.2, -0.15) is 10.5 Å². The van der Waals surface area contributed by atoms with Gasteiger partial charge in [-0.1, -0.05) is 133 Å². The molecule has 0 amide bonds. The molecule has 11 aromatic carbocycles. The van der Waals surface area contributed by atoms with Gasteiger partial charge in [-0.3, -0.25) is 0 Å². The number of nitriles is 2. The van der Waals surface area contributed by atoms with E-state index in [9.17, 15) is 10.5 Å². The second-order valence-electron chi connectivity index (χ2n) is 21.4. The summed E-state index contributed by atoms with van der Waals surface area (Å²) in [6.07, 6.45) is 0. The zero-order valence-electron chi connectivity index (χ0n) is 43.7. The Balaban J connectivity index is 1.21. The first-order chi connectivity index (χ1) is 39.3. The smallest absolute Gasteiger partial charge is 0.102 e. The summed E-state index contributed by atoms with van der Waals surface area (Å²) in [5, 5.41) is 39.3. The fourth-order valence-electron chi connectivity index (χ4n) is 13.3. The van der Waals surface area contributed by atoms with Crippen LogP contribution in [0.1, 0.15) is 33.4 Å². The largest absolute Gasteiger partial charge is 0.306 e. The van der Waals surface area contributed by atoms with Crippen LogP contribution in [0.15, 0.2) is 182 Å². The van der Waals surface area contributed by atoms with Gasteiger partial charge < -0.3 is 9.13 Å². The van der Waals surface area contributed by atoms with Crippen LogP contribution in [-0.2, 0) is 0 Å². The maximum atomic E-state index is 12.7. The second kappa shape index (κ2) is 16.7. The molecule has 6 aromatic heterocycles. The van der Waals surface area contributed by atoms with E-state index in [1.807, 2.05) is 22.7 Å². The molecule has 6 heterocycles. The van der Waals surface area contributed by atoms with Gasteiger partial charge in [0.05, 0.1) is 54.0 Å². The standard InChI is InChI=1S/C72H42N4S4/c1-37-31-53-45-27-29-49-43-17-7-11-25-61(43)79-71(49)67(45)75(57(53)33-39(37)3)65-55(35-73)63(51-21-13-19-47-41-15-5-9-23-59(41)77-69(47)51)56(36-74)66(64(65)52-22-14-20-48-42-16-6-10-24-60(42)78-70(48)52)76-58-34-40(4)38(2)32-54(58)46-28-30-50-44-18-8-12-26-62(44)80-72(50)68(46)76/h5-34H,1-4H3. The molecule has 0 aliphatic rings. The summed E-state index contributed by atoms with van der Waals surface area (Å²) in [6, 6.07) is 72.4. The van der Waals surface area contributed by atoms with E-state index in [2.05, 4.69) is 231 Å². The van der Waals surface area contributed by atoms with Crippen molar-refractivity contribution in [2.75, 3.05) is 0 Å². The second-order valence-corrected chi connectivity index (χ2v) is 25.6. The summed E-state index contributed by atoms with van der Waals surface area (Å²) < 4.78 is 14.1. The lowest BCUT2D eigenvalue weighted by Gasteiger charge is -2.26. The molecule has 0 atom stereocenters. The van der Waals surface area contributed by atoms with Crippen LogP contribution in [0.5, 0.6) is 0 Å². The molecule has 4 nitrogen and oxygen atoms in total. The van der Waals surface area contributed by atoms with Crippen molar-refractivity contribution < 1.29 is 0 Å². The summed E-state index contributed by atoms with van der Waals surface area (Å²) in [4.78, 5) is 0. The van der Waals surface area contributed by atoms with E-state index in [0.29, 0.717) is 16.7 Å². The third-order valence-electron chi connectivity index (χ3n) is 17.2. The Morgan fingerprint density at radius 1 is 0.312 bits per heavy atom. The summed E-state index contributed by atoms with van der Waals surface area (Å²) in [6.45, 7) is 8.81. The predicted molar refractivity (Wildman–Crippen MR) is 346 cm³/mol. The molecule has 0 aliphatic carbocycles. The number of hydrogen-bond donors (Lipinski definition) is 0. The zero-order chi connectivity index (χ0) is 53.4. The first-order valence-electron chi connectivity index (χ1n) is 26.9.